The van der Waals surface area contributed by atoms with Crippen LogP contribution in [0.2, 0.25) is 0 Å². The number of pyridine rings is 1. The van der Waals surface area contributed by atoms with Crippen LogP contribution < -0.4 is 5.32 Å². The molecule has 0 aliphatic carbocycles. The van der Waals surface area contributed by atoms with E-state index in [1.807, 2.05) is 49.2 Å². The fourth-order valence-corrected chi connectivity index (χ4v) is 4.58. The number of benzene rings is 3. The highest BCUT2D eigenvalue weighted by molar-refractivity contribution is 5.93. The third-order valence-corrected chi connectivity index (χ3v) is 6.94. The van der Waals surface area contributed by atoms with E-state index in [0.29, 0.717) is 28.2 Å². The van der Waals surface area contributed by atoms with Crippen molar-refractivity contribution in [3.8, 4) is 11.3 Å². The molecule has 0 saturated heterocycles. The summed E-state index contributed by atoms with van der Waals surface area (Å²) in [5, 5.41) is 3.54. The number of aromatic nitrogens is 3. The van der Waals surface area contributed by atoms with Crippen molar-refractivity contribution >= 4 is 22.4 Å². The fraction of sp³-hybridized carbons (Fsp3) is 0.194. The van der Waals surface area contributed by atoms with Crippen molar-refractivity contribution in [2.24, 2.45) is 0 Å². The summed E-state index contributed by atoms with van der Waals surface area (Å²) in [4.78, 5) is 15.3. The SMILES string of the molecule is CC(c1ccccc1)N(C)Cc1nc(Nc2ccc(C(F)(F)F)cc2)c2ccc(-c3ncccc3C(F)(F)F)cc2n1. The molecule has 5 aromatic rings. The van der Waals surface area contributed by atoms with Crippen LogP contribution in [0.3, 0.4) is 0 Å². The number of hydrogen-bond acceptors (Lipinski definition) is 5. The zero-order chi connectivity index (χ0) is 30.1. The standard InChI is InChI=1S/C31H25F6N5/c1-19(20-7-4-3-5-8-20)42(2)18-27-40-26-17-21(28-25(31(35,36)37)9-6-16-38-28)10-15-24(26)29(41-27)39-23-13-11-22(12-14-23)30(32,33)34/h3-17,19H,18H2,1-2H3,(H,39,40,41). The first-order chi connectivity index (χ1) is 19.9. The van der Waals surface area contributed by atoms with Crippen molar-refractivity contribution in [1.29, 1.82) is 0 Å². The second-order valence-electron chi connectivity index (χ2n) is 9.82. The van der Waals surface area contributed by atoms with Gasteiger partial charge in [-0.2, -0.15) is 26.3 Å². The van der Waals surface area contributed by atoms with Gasteiger partial charge in [-0.1, -0.05) is 36.4 Å². The van der Waals surface area contributed by atoms with Gasteiger partial charge in [-0.3, -0.25) is 9.88 Å². The molecule has 5 rings (SSSR count). The molecule has 0 amide bonds. The van der Waals surface area contributed by atoms with Gasteiger partial charge in [0, 0.05) is 28.9 Å². The van der Waals surface area contributed by atoms with E-state index in [9.17, 15) is 26.3 Å². The van der Waals surface area contributed by atoms with E-state index in [4.69, 9.17) is 0 Å². The molecular weight excluding hydrogens is 556 g/mol. The third kappa shape index (κ3) is 6.36. The maximum absolute atomic E-state index is 13.7. The molecular formula is C31H25F6N5. The first kappa shape index (κ1) is 29.0. The maximum atomic E-state index is 13.7. The second kappa shape index (κ2) is 11.4. The Morgan fingerprint density at radius 3 is 2.19 bits per heavy atom. The number of halogens is 6. The summed E-state index contributed by atoms with van der Waals surface area (Å²) < 4.78 is 80.4. The average molecular weight is 582 g/mol. The number of anilines is 2. The van der Waals surface area contributed by atoms with E-state index >= 15 is 0 Å². The number of nitrogens with one attached hydrogen (secondary N) is 1. The lowest BCUT2D eigenvalue weighted by Crippen LogP contribution is -2.23. The molecule has 0 saturated carbocycles. The topological polar surface area (TPSA) is 53.9 Å². The lowest BCUT2D eigenvalue weighted by molar-refractivity contribution is -0.138. The highest BCUT2D eigenvalue weighted by Crippen LogP contribution is 2.37. The number of nitrogens with zero attached hydrogens (tertiary/aromatic N) is 4. The lowest BCUT2D eigenvalue weighted by Gasteiger charge is -2.24. The third-order valence-electron chi connectivity index (χ3n) is 6.94. The molecule has 1 N–H and O–H groups in total. The van der Waals surface area contributed by atoms with E-state index in [-0.39, 0.29) is 23.8 Å². The molecule has 0 spiro atoms. The Hall–Kier alpha value is -4.51. The van der Waals surface area contributed by atoms with E-state index in [0.717, 1.165) is 23.8 Å². The number of alkyl halides is 6. The van der Waals surface area contributed by atoms with Gasteiger partial charge in [-0.15, -0.1) is 0 Å². The molecule has 0 bridgehead atoms. The Morgan fingerprint density at radius 2 is 1.52 bits per heavy atom. The molecule has 11 heteroatoms. The molecule has 5 nitrogen and oxygen atoms in total. The van der Waals surface area contributed by atoms with Crippen LogP contribution in [0.5, 0.6) is 0 Å². The summed E-state index contributed by atoms with van der Waals surface area (Å²) in [6.45, 7) is 2.31. The first-order valence-corrected chi connectivity index (χ1v) is 12.9. The van der Waals surface area contributed by atoms with Crippen LogP contribution in [-0.4, -0.2) is 26.9 Å². The average Bonchev–Trinajstić information content (AvgIpc) is 2.96. The van der Waals surface area contributed by atoms with Crippen LogP contribution in [0.25, 0.3) is 22.2 Å². The number of hydrogen-bond donors (Lipinski definition) is 1. The predicted octanol–water partition coefficient (Wildman–Crippen LogP) is 8.67. The Morgan fingerprint density at radius 1 is 0.810 bits per heavy atom. The Labute approximate surface area is 237 Å². The van der Waals surface area contributed by atoms with Gasteiger partial charge in [0.2, 0.25) is 0 Å². The van der Waals surface area contributed by atoms with Crippen molar-refractivity contribution in [3.05, 3.63) is 114 Å². The van der Waals surface area contributed by atoms with Gasteiger partial charge in [0.15, 0.2) is 0 Å². The first-order valence-electron chi connectivity index (χ1n) is 12.9. The van der Waals surface area contributed by atoms with E-state index in [1.165, 1.54) is 36.5 Å². The van der Waals surface area contributed by atoms with Crippen molar-refractivity contribution in [1.82, 2.24) is 19.9 Å². The van der Waals surface area contributed by atoms with Crippen molar-refractivity contribution in [2.75, 3.05) is 12.4 Å². The van der Waals surface area contributed by atoms with Gasteiger partial charge in [-0.25, -0.2) is 9.97 Å². The summed E-state index contributed by atoms with van der Waals surface area (Å²) in [7, 11) is 1.90. The number of rotatable bonds is 7. The highest BCUT2D eigenvalue weighted by Gasteiger charge is 2.34. The van der Waals surface area contributed by atoms with Crippen LogP contribution in [0.4, 0.5) is 37.8 Å². The molecule has 1 atom stereocenters. The van der Waals surface area contributed by atoms with Crippen LogP contribution in [-0.2, 0) is 18.9 Å². The maximum Gasteiger partial charge on any atom is 0.418 e. The van der Waals surface area contributed by atoms with Crippen LogP contribution >= 0.6 is 0 Å². The minimum Gasteiger partial charge on any atom is -0.340 e. The van der Waals surface area contributed by atoms with Crippen LogP contribution in [0, 0.1) is 0 Å². The molecule has 1 unspecified atom stereocenters. The molecule has 0 aliphatic heterocycles. The Kier molecular flexibility index (Phi) is 7.87. The summed E-state index contributed by atoms with van der Waals surface area (Å²) in [6.07, 6.45) is -7.80. The fourth-order valence-electron chi connectivity index (χ4n) is 4.58. The molecule has 42 heavy (non-hydrogen) atoms. The Balaban J connectivity index is 1.57. The molecule has 0 radical (unpaired) electrons. The van der Waals surface area contributed by atoms with Crippen molar-refractivity contribution < 1.29 is 26.3 Å². The quantitative estimate of drug-likeness (QED) is 0.195. The van der Waals surface area contributed by atoms with Gasteiger partial charge < -0.3 is 5.32 Å². The van der Waals surface area contributed by atoms with Crippen LogP contribution in [0.15, 0.2) is 91.1 Å². The van der Waals surface area contributed by atoms with Crippen molar-refractivity contribution in [3.63, 3.8) is 0 Å². The van der Waals surface area contributed by atoms with Gasteiger partial charge in [0.25, 0.3) is 0 Å². The van der Waals surface area contributed by atoms with Gasteiger partial charge in [0.05, 0.1) is 28.9 Å². The summed E-state index contributed by atoms with van der Waals surface area (Å²) in [6, 6.07) is 21.0. The Bertz CT molecular complexity index is 1690. The predicted molar refractivity (Wildman–Crippen MR) is 149 cm³/mol. The smallest absolute Gasteiger partial charge is 0.340 e. The zero-order valence-corrected chi connectivity index (χ0v) is 22.5. The molecule has 0 aliphatic rings. The summed E-state index contributed by atoms with van der Waals surface area (Å²) in [5.41, 5.74) is 0.0858. The molecule has 216 valence electrons. The molecule has 2 aromatic heterocycles. The van der Waals surface area contributed by atoms with E-state index in [2.05, 4.69) is 20.3 Å². The van der Waals surface area contributed by atoms with Gasteiger partial charge >= 0.3 is 12.4 Å². The van der Waals surface area contributed by atoms with Gasteiger partial charge in [0.1, 0.15) is 11.6 Å². The minimum atomic E-state index is -4.61. The normalized spacial score (nSPS) is 13.0. The minimum absolute atomic E-state index is 0.00832. The molecule has 0 fully saturated rings. The summed E-state index contributed by atoms with van der Waals surface area (Å²) in [5.74, 6) is 0.676. The number of fused-ring (bicyclic) bond motifs is 1. The van der Waals surface area contributed by atoms with Gasteiger partial charge in [-0.05, 0) is 68.1 Å². The monoisotopic (exact) mass is 581 g/mol. The van der Waals surface area contributed by atoms with Crippen molar-refractivity contribution in [2.45, 2.75) is 31.9 Å². The van der Waals surface area contributed by atoms with Crippen LogP contribution in [0.1, 0.15) is 35.5 Å². The molecule has 3 aromatic carbocycles. The van der Waals surface area contributed by atoms with E-state index in [1.54, 1.807) is 6.07 Å². The van der Waals surface area contributed by atoms with E-state index < -0.39 is 23.5 Å². The lowest BCUT2D eigenvalue weighted by atomic mass is 10.0. The highest BCUT2D eigenvalue weighted by atomic mass is 19.4. The largest absolute Gasteiger partial charge is 0.418 e. The molecule has 2 heterocycles. The zero-order valence-electron chi connectivity index (χ0n) is 22.5. The second-order valence-corrected chi connectivity index (χ2v) is 9.82. The summed E-state index contributed by atoms with van der Waals surface area (Å²) >= 11 is 0.